The minimum Gasteiger partial charge on any atom is -0.497 e. The van der Waals surface area contributed by atoms with E-state index < -0.39 is 0 Å². The van der Waals surface area contributed by atoms with Gasteiger partial charge >= 0.3 is 0 Å². The van der Waals surface area contributed by atoms with Crippen molar-refractivity contribution in [2.45, 2.75) is 12.8 Å². The van der Waals surface area contributed by atoms with Gasteiger partial charge in [-0.25, -0.2) is 0 Å². The molecule has 1 fully saturated rings. The SMILES string of the molecule is COc1ccc(C2CN(C(C)=O)C2)cc1. The second-order valence-electron chi connectivity index (χ2n) is 3.89. The Kier molecular flexibility index (Phi) is 2.62. The second kappa shape index (κ2) is 3.93. The first-order chi connectivity index (χ1) is 7.20. The molecule has 1 heterocycles. The molecule has 1 saturated heterocycles. The Bertz CT molecular complexity index is 352. The Labute approximate surface area is 89.7 Å². The maximum atomic E-state index is 11.0. The van der Waals surface area contributed by atoms with E-state index in [4.69, 9.17) is 4.74 Å². The summed E-state index contributed by atoms with van der Waals surface area (Å²) < 4.78 is 5.10. The van der Waals surface area contributed by atoms with E-state index in [2.05, 4.69) is 12.1 Å². The molecule has 1 aliphatic heterocycles. The molecule has 0 spiro atoms. The fourth-order valence-electron chi connectivity index (χ4n) is 1.82. The van der Waals surface area contributed by atoms with Gasteiger partial charge in [-0.1, -0.05) is 12.1 Å². The van der Waals surface area contributed by atoms with Gasteiger partial charge in [-0.3, -0.25) is 4.79 Å². The van der Waals surface area contributed by atoms with Gasteiger partial charge in [-0.05, 0) is 17.7 Å². The predicted octanol–water partition coefficient (Wildman–Crippen LogP) is 1.64. The highest BCUT2D eigenvalue weighted by molar-refractivity contribution is 5.74. The third-order valence-electron chi connectivity index (χ3n) is 2.91. The Morgan fingerprint density at radius 3 is 2.40 bits per heavy atom. The number of ether oxygens (including phenoxy) is 1. The van der Waals surface area contributed by atoms with Crippen LogP contribution in [-0.4, -0.2) is 31.0 Å². The summed E-state index contributed by atoms with van der Waals surface area (Å²) in [5.74, 6) is 1.54. The minimum absolute atomic E-state index is 0.166. The summed E-state index contributed by atoms with van der Waals surface area (Å²) in [5.41, 5.74) is 1.29. The van der Waals surface area contributed by atoms with Crippen LogP contribution in [0.3, 0.4) is 0 Å². The topological polar surface area (TPSA) is 29.5 Å². The largest absolute Gasteiger partial charge is 0.497 e. The highest BCUT2D eigenvalue weighted by atomic mass is 16.5. The van der Waals surface area contributed by atoms with Crippen molar-refractivity contribution >= 4 is 5.91 Å². The van der Waals surface area contributed by atoms with Gasteiger partial charge in [0.2, 0.25) is 5.91 Å². The van der Waals surface area contributed by atoms with Crippen molar-refractivity contribution in [1.29, 1.82) is 0 Å². The number of carbonyl (C=O) groups excluding carboxylic acids is 1. The molecule has 0 aromatic heterocycles. The van der Waals surface area contributed by atoms with Gasteiger partial charge in [-0.2, -0.15) is 0 Å². The van der Waals surface area contributed by atoms with Crippen LogP contribution in [0.2, 0.25) is 0 Å². The van der Waals surface area contributed by atoms with E-state index in [-0.39, 0.29) is 5.91 Å². The van der Waals surface area contributed by atoms with Crippen LogP contribution in [0.1, 0.15) is 18.4 Å². The summed E-state index contributed by atoms with van der Waals surface area (Å²) >= 11 is 0. The summed E-state index contributed by atoms with van der Waals surface area (Å²) in [6.45, 7) is 3.31. The Morgan fingerprint density at radius 2 is 1.93 bits per heavy atom. The van der Waals surface area contributed by atoms with E-state index in [1.807, 2.05) is 17.0 Å². The standard InChI is InChI=1S/C12H15NO2/c1-9(14)13-7-11(8-13)10-3-5-12(15-2)6-4-10/h3-6,11H,7-8H2,1-2H3. The van der Waals surface area contributed by atoms with Crippen molar-refractivity contribution in [2.24, 2.45) is 0 Å². The van der Waals surface area contributed by atoms with Crippen LogP contribution in [0.4, 0.5) is 0 Å². The average Bonchev–Trinajstić information content (AvgIpc) is 2.16. The Hall–Kier alpha value is -1.51. The lowest BCUT2D eigenvalue weighted by molar-refractivity contribution is -0.133. The molecule has 0 N–H and O–H groups in total. The van der Waals surface area contributed by atoms with Crippen LogP contribution in [0.15, 0.2) is 24.3 Å². The molecular weight excluding hydrogens is 190 g/mol. The molecule has 2 rings (SSSR count). The van der Waals surface area contributed by atoms with Crippen molar-refractivity contribution in [1.82, 2.24) is 4.90 Å². The number of benzene rings is 1. The second-order valence-corrected chi connectivity index (χ2v) is 3.89. The molecule has 3 nitrogen and oxygen atoms in total. The lowest BCUT2D eigenvalue weighted by Gasteiger charge is -2.39. The Balaban J connectivity index is 1.98. The molecule has 0 atom stereocenters. The van der Waals surface area contributed by atoms with E-state index in [9.17, 15) is 4.79 Å². The zero-order chi connectivity index (χ0) is 10.8. The zero-order valence-electron chi connectivity index (χ0n) is 9.06. The molecule has 0 bridgehead atoms. The van der Waals surface area contributed by atoms with Crippen LogP contribution >= 0.6 is 0 Å². The summed E-state index contributed by atoms with van der Waals surface area (Å²) in [6.07, 6.45) is 0. The molecule has 0 saturated carbocycles. The van der Waals surface area contributed by atoms with Crippen LogP contribution in [0, 0.1) is 0 Å². The fourth-order valence-corrected chi connectivity index (χ4v) is 1.82. The molecule has 0 unspecified atom stereocenters. The summed E-state index contributed by atoms with van der Waals surface area (Å²) in [5, 5.41) is 0. The molecule has 1 amide bonds. The highest BCUT2D eigenvalue weighted by Gasteiger charge is 2.29. The molecule has 0 aliphatic carbocycles. The lowest BCUT2D eigenvalue weighted by Crippen LogP contribution is -2.47. The van der Waals surface area contributed by atoms with E-state index in [0.717, 1.165) is 18.8 Å². The third kappa shape index (κ3) is 1.96. The first-order valence-electron chi connectivity index (χ1n) is 5.10. The first-order valence-corrected chi connectivity index (χ1v) is 5.10. The zero-order valence-corrected chi connectivity index (χ0v) is 9.06. The number of methoxy groups -OCH3 is 1. The van der Waals surface area contributed by atoms with Crippen molar-refractivity contribution in [3.05, 3.63) is 29.8 Å². The fraction of sp³-hybridized carbons (Fsp3) is 0.417. The molecule has 1 aromatic rings. The predicted molar refractivity (Wildman–Crippen MR) is 58.0 cm³/mol. The molecule has 80 valence electrons. The van der Waals surface area contributed by atoms with Crippen molar-refractivity contribution < 1.29 is 9.53 Å². The molecular formula is C12H15NO2. The van der Waals surface area contributed by atoms with E-state index >= 15 is 0 Å². The maximum absolute atomic E-state index is 11.0. The number of carbonyl (C=O) groups is 1. The number of likely N-dealkylation sites (tertiary alicyclic amines) is 1. The van der Waals surface area contributed by atoms with Gasteiger partial charge in [0.15, 0.2) is 0 Å². The van der Waals surface area contributed by atoms with Crippen molar-refractivity contribution in [2.75, 3.05) is 20.2 Å². The van der Waals surface area contributed by atoms with E-state index in [0.29, 0.717) is 5.92 Å². The lowest BCUT2D eigenvalue weighted by atomic mass is 9.91. The Morgan fingerprint density at radius 1 is 1.33 bits per heavy atom. The molecule has 1 aliphatic rings. The smallest absolute Gasteiger partial charge is 0.219 e. The molecule has 3 heteroatoms. The number of hydrogen-bond acceptors (Lipinski definition) is 2. The summed E-state index contributed by atoms with van der Waals surface area (Å²) in [4.78, 5) is 12.9. The average molecular weight is 205 g/mol. The number of hydrogen-bond donors (Lipinski definition) is 0. The summed E-state index contributed by atoms with van der Waals surface area (Å²) in [7, 11) is 1.66. The molecule has 0 radical (unpaired) electrons. The number of rotatable bonds is 2. The maximum Gasteiger partial charge on any atom is 0.219 e. The van der Waals surface area contributed by atoms with Gasteiger partial charge in [0.1, 0.15) is 5.75 Å². The quantitative estimate of drug-likeness (QED) is 0.734. The first kappa shape index (κ1) is 10.0. The van der Waals surface area contributed by atoms with Crippen LogP contribution in [0.5, 0.6) is 5.75 Å². The van der Waals surface area contributed by atoms with Crippen LogP contribution in [-0.2, 0) is 4.79 Å². The molecule has 1 aromatic carbocycles. The minimum atomic E-state index is 0.166. The van der Waals surface area contributed by atoms with Gasteiger partial charge in [-0.15, -0.1) is 0 Å². The highest BCUT2D eigenvalue weighted by Crippen LogP contribution is 2.27. The van der Waals surface area contributed by atoms with Gasteiger partial charge in [0, 0.05) is 25.9 Å². The normalized spacial score (nSPS) is 16.0. The van der Waals surface area contributed by atoms with Gasteiger partial charge < -0.3 is 9.64 Å². The van der Waals surface area contributed by atoms with Gasteiger partial charge in [0.05, 0.1) is 7.11 Å². The monoisotopic (exact) mass is 205 g/mol. The van der Waals surface area contributed by atoms with E-state index in [1.54, 1.807) is 14.0 Å². The van der Waals surface area contributed by atoms with Crippen LogP contribution in [0.25, 0.3) is 0 Å². The van der Waals surface area contributed by atoms with Crippen LogP contribution < -0.4 is 4.74 Å². The van der Waals surface area contributed by atoms with E-state index in [1.165, 1.54) is 5.56 Å². The van der Waals surface area contributed by atoms with Crippen molar-refractivity contribution in [3.8, 4) is 5.75 Å². The number of amides is 1. The summed E-state index contributed by atoms with van der Waals surface area (Å²) in [6, 6.07) is 8.07. The molecule has 15 heavy (non-hydrogen) atoms. The van der Waals surface area contributed by atoms with Crippen molar-refractivity contribution in [3.63, 3.8) is 0 Å². The van der Waals surface area contributed by atoms with Gasteiger partial charge in [0.25, 0.3) is 0 Å². The third-order valence-corrected chi connectivity index (χ3v) is 2.91. The number of nitrogens with zero attached hydrogens (tertiary/aromatic N) is 1.